The predicted molar refractivity (Wildman–Crippen MR) is 211 cm³/mol. The van der Waals surface area contributed by atoms with Crippen LogP contribution < -0.4 is 10.2 Å². The van der Waals surface area contributed by atoms with Gasteiger partial charge in [-0.1, -0.05) is 56.4 Å². The lowest BCUT2D eigenvalue weighted by Gasteiger charge is -2.55. The molecule has 2 atom stereocenters. The van der Waals surface area contributed by atoms with Crippen molar-refractivity contribution in [1.82, 2.24) is 19.7 Å². The Labute approximate surface area is 316 Å². The van der Waals surface area contributed by atoms with E-state index in [9.17, 15) is 9.59 Å². The number of thiazole rings is 1. The van der Waals surface area contributed by atoms with Crippen LogP contribution in [0.25, 0.3) is 21.3 Å². The second-order valence-electron chi connectivity index (χ2n) is 17.6. The van der Waals surface area contributed by atoms with E-state index in [1.807, 2.05) is 75.5 Å². The minimum atomic E-state index is -0.688. The standard InChI is InChI=1S/C43H50N6O3S/c1-27-18-42(6)19-28(2)21-43(20-27,25-42)26-49-23-30(22-44-49)31-14-15-36(46-37(31)39(51)52-41(3,4)5)48-17-16-29-10-9-11-32(33(29)24-48)38(50)47-40-45-34-12-7-8-13-35(34)53-40/h7-15,22-23,27-28H,16-21,24-26H2,1-6H3,(H,45,47,50). The summed E-state index contributed by atoms with van der Waals surface area (Å²) in [5, 5.41) is 8.47. The number of nitrogens with one attached hydrogen (secondary N) is 1. The second kappa shape index (κ2) is 13.4. The number of hydrogen-bond donors (Lipinski definition) is 1. The summed E-state index contributed by atoms with van der Waals surface area (Å²) in [5.41, 5.74) is 5.34. The molecule has 2 aromatic carbocycles. The van der Waals surface area contributed by atoms with Gasteiger partial charge in [-0.2, -0.15) is 5.10 Å². The number of esters is 1. The molecule has 2 bridgehead atoms. The Morgan fingerprint density at radius 2 is 1.75 bits per heavy atom. The van der Waals surface area contributed by atoms with Crippen LogP contribution in [0.5, 0.6) is 0 Å². The van der Waals surface area contributed by atoms with E-state index in [2.05, 4.69) is 52.9 Å². The van der Waals surface area contributed by atoms with E-state index < -0.39 is 11.6 Å². The van der Waals surface area contributed by atoms with E-state index in [-0.39, 0.29) is 17.0 Å². The van der Waals surface area contributed by atoms with Crippen LogP contribution in [0.4, 0.5) is 10.9 Å². The van der Waals surface area contributed by atoms with E-state index in [1.165, 1.54) is 43.4 Å². The number of para-hydroxylation sites is 1. The highest BCUT2D eigenvalue weighted by Crippen LogP contribution is 2.59. The Kier molecular flexibility index (Phi) is 8.95. The molecule has 2 unspecified atom stereocenters. The van der Waals surface area contributed by atoms with E-state index in [1.54, 1.807) is 0 Å². The Hall–Kier alpha value is -4.57. The summed E-state index contributed by atoms with van der Waals surface area (Å²) in [5.74, 6) is 1.42. The largest absolute Gasteiger partial charge is 0.455 e. The lowest BCUT2D eigenvalue weighted by Crippen LogP contribution is -2.46. The van der Waals surface area contributed by atoms with Gasteiger partial charge in [-0.05, 0) is 123 Å². The van der Waals surface area contributed by atoms with Crippen molar-refractivity contribution in [3.05, 3.63) is 89.4 Å². The summed E-state index contributed by atoms with van der Waals surface area (Å²) in [6, 6.07) is 17.7. The first kappa shape index (κ1) is 35.5. The molecule has 1 aliphatic heterocycles. The van der Waals surface area contributed by atoms with Gasteiger partial charge < -0.3 is 9.64 Å². The van der Waals surface area contributed by atoms with Crippen LogP contribution in [-0.4, -0.2) is 43.8 Å². The normalized spacial score (nSPS) is 24.2. The molecular weight excluding hydrogens is 681 g/mol. The molecule has 10 heteroatoms. The molecule has 9 nitrogen and oxygen atoms in total. The van der Waals surface area contributed by atoms with Crippen molar-refractivity contribution in [3.63, 3.8) is 0 Å². The van der Waals surface area contributed by atoms with Crippen LogP contribution in [0.15, 0.2) is 67.0 Å². The molecule has 276 valence electrons. The third kappa shape index (κ3) is 7.35. The van der Waals surface area contributed by atoms with Crippen molar-refractivity contribution in [2.24, 2.45) is 22.7 Å². The molecular formula is C43H50N6O3S. The molecule has 0 saturated heterocycles. The van der Waals surface area contributed by atoms with Crippen molar-refractivity contribution < 1.29 is 14.3 Å². The van der Waals surface area contributed by atoms with Gasteiger partial charge >= 0.3 is 5.97 Å². The summed E-state index contributed by atoms with van der Waals surface area (Å²) in [7, 11) is 0. The lowest BCUT2D eigenvalue weighted by molar-refractivity contribution is -0.0507. The van der Waals surface area contributed by atoms with E-state index >= 15 is 0 Å². The number of ether oxygens (including phenoxy) is 1. The predicted octanol–water partition coefficient (Wildman–Crippen LogP) is 9.57. The number of hydrogen-bond acceptors (Lipinski definition) is 8. The molecule has 1 amide bonds. The Balaban J connectivity index is 1.07. The first-order valence-corrected chi connectivity index (χ1v) is 19.9. The highest BCUT2D eigenvalue weighted by atomic mass is 32.1. The third-order valence-electron chi connectivity index (χ3n) is 11.3. The number of amides is 1. The van der Waals surface area contributed by atoms with Gasteiger partial charge in [-0.25, -0.2) is 14.8 Å². The number of pyridine rings is 1. The van der Waals surface area contributed by atoms with Gasteiger partial charge in [0.25, 0.3) is 5.91 Å². The van der Waals surface area contributed by atoms with Gasteiger partial charge in [0.05, 0.1) is 16.4 Å². The molecule has 0 spiro atoms. The van der Waals surface area contributed by atoms with Crippen LogP contribution in [0.3, 0.4) is 0 Å². The number of fused-ring (bicyclic) bond motifs is 4. The molecule has 2 aliphatic carbocycles. The number of carbonyl (C=O) groups is 2. The van der Waals surface area contributed by atoms with Crippen molar-refractivity contribution in [3.8, 4) is 11.1 Å². The lowest BCUT2D eigenvalue weighted by atomic mass is 9.51. The number of rotatable bonds is 7. The van der Waals surface area contributed by atoms with Crippen LogP contribution in [0, 0.1) is 22.7 Å². The van der Waals surface area contributed by atoms with E-state index in [4.69, 9.17) is 14.8 Å². The van der Waals surface area contributed by atoms with Gasteiger partial charge in [0.1, 0.15) is 11.4 Å². The zero-order valence-electron chi connectivity index (χ0n) is 31.7. The summed E-state index contributed by atoms with van der Waals surface area (Å²) in [4.78, 5) is 39.3. The fourth-order valence-corrected chi connectivity index (χ4v) is 11.1. The highest BCUT2D eigenvalue weighted by molar-refractivity contribution is 7.22. The van der Waals surface area contributed by atoms with Gasteiger partial charge in [-0.3, -0.25) is 14.8 Å². The first-order valence-electron chi connectivity index (χ1n) is 19.0. The highest BCUT2D eigenvalue weighted by Gasteiger charge is 2.50. The van der Waals surface area contributed by atoms with E-state index in [0.29, 0.717) is 52.4 Å². The molecule has 2 fully saturated rings. The van der Waals surface area contributed by atoms with Gasteiger partial charge in [-0.15, -0.1) is 0 Å². The maximum absolute atomic E-state index is 13.9. The average molecular weight is 731 g/mol. The maximum Gasteiger partial charge on any atom is 0.358 e. The zero-order valence-corrected chi connectivity index (χ0v) is 32.6. The van der Waals surface area contributed by atoms with Crippen LogP contribution in [0.1, 0.15) is 106 Å². The van der Waals surface area contributed by atoms with Crippen LogP contribution >= 0.6 is 11.3 Å². The maximum atomic E-state index is 13.9. The molecule has 4 heterocycles. The first-order chi connectivity index (χ1) is 25.2. The quantitative estimate of drug-likeness (QED) is 0.167. The van der Waals surface area contributed by atoms with Crippen LogP contribution in [0.2, 0.25) is 0 Å². The molecule has 8 rings (SSSR count). The van der Waals surface area contributed by atoms with Gasteiger partial charge in [0, 0.05) is 42.5 Å². The molecule has 3 aliphatic rings. The average Bonchev–Trinajstić information content (AvgIpc) is 3.71. The molecule has 3 aromatic heterocycles. The number of carbonyl (C=O) groups excluding carboxylic acids is 2. The fraction of sp³-hybridized carbons (Fsp3) is 0.465. The molecule has 2 saturated carbocycles. The molecule has 1 N–H and O–H groups in total. The van der Waals surface area contributed by atoms with Gasteiger partial charge in [0.2, 0.25) is 0 Å². The number of aromatic nitrogens is 4. The minimum Gasteiger partial charge on any atom is -0.455 e. The van der Waals surface area contributed by atoms with Crippen molar-refractivity contribution in [2.45, 2.75) is 98.8 Å². The topological polar surface area (TPSA) is 102 Å². The summed E-state index contributed by atoms with van der Waals surface area (Å²) < 4.78 is 9.05. The Bertz CT molecular complexity index is 2150. The van der Waals surface area contributed by atoms with Crippen molar-refractivity contribution >= 4 is 44.4 Å². The number of anilines is 2. The molecule has 0 radical (unpaired) electrons. The summed E-state index contributed by atoms with van der Waals surface area (Å²) in [6.07, 6.45) is 11.0. The third-order valence-corrected chi connectivity index (χ3v) is 12.3. The summed E-state index contributed by atoms with van der Waals surface area (Å²) >= 11 is 1.46. The summed E-state index contributed by atoms with van der Waals surface area (Å²) in [6.45, 7) is 15.0. The number of nitrogens with zero attached hydrogens (tertiary/aromatic N) is 5. The smallest absolute Gasteiger partial charge is 0.358 e. The minimum absolute atomic E-state index is 0.188. The molecule has 53 heavy (non-hydrogen) atoms. The van der Waals surface area contributed by atoms with Crippen LogP contribution in [-0.2, 0) is 24.2 Å². The van der Waals surface area contributed by atoms with Crippen molar-refractivity contribution in [1.29, 1.82) is 0 Å². The van der Waals surface area contributed by atoms with Crippen molar-refractivity contribution in [2.75, 3.05) is 16.8 Å². The Morgan fingerprint density at radius 1 is 0.981 bits per heavy atom. The molecule has 5 aromatic rings. The Morgan fingerprint density at radius 3 is 2.51 bits per heavy atom. The zero-order chi connectivity index (χ0) is 37.1. The monoisotopic (exact) mass is 730 g/mol. The number of benzene rings is 2. The van der Waals surface area contributed by atoms with E-state index in [0.717, 1.165) is 39.9 Å². The van der Waals surface area contributed by atoms with Gasteiger partial charge in [0.15, 0.2) is 10.8 Å². The second-order valence-corrected chi connectivity index (χ2v) is 18.6. The SMILES string of the molecule is CC1CC2(C)CC(C)CC(Cn3cc(-c4ccc(N5CCc6cccc(C(=O)Nc7nc8ccccc8s7)c6C5)nc4C(=O)OC(C)(C)C)cn3)(C1)C2. The fourth-order valence-electron chi connectivity index (χ4n) is 10.2.